The molecule has 0 unspecified atom stereocenters. The summed E-state index contributed by atoms with van der Waals surface area (Å²) < 4.78 is 86.4. The maximum absolute atomic E-state index is 14.9. The Labute approximate surface area is 216 Å². The fraction of sp³-hybridized carbons (Fsp3) is 0.375. The number of hydrogen-bond donors (Lipinski definition) is 2. The second-order valence-corrected chi connectivity index (χ2v) is 11.2. The Balaban J connectivity index is 1.52. The van der Waals surface area contributed by atoms with Crippen LogP contribution in [0.5, 0.6) is 0 Å². The van der Waals surface area contributed by atoms with Gasteiger partial charge in [-0.05, 0) is 63.0 Å². The Kier molecular flexibility index (Phi) is 7.72. The molecule has 0 saturated heterocycles. The van der Waals surface area contributed by atoms with Crippen molar-refractivity contribution < 1.29 is 30.5 Å². The van der Waals surface area contributed by atoms with Gasteiger partial charge in [0.05, 0.1) is 16.3 Å². The highest BCUT2D eigenvalue weighted by atomic mass is 35.5. The van der Waals surface area contributed by atoms with Crippen LogP contribution in [-0.2, 0) is 16.2 Å². The summed E-state index contributed by atoms with van der Waals surface area (Å²) in [6, 6.07) is 8.37. The van der Waals surface area contributed by atoms with Crippen LogP contribution in [0.2, 0.25) is 5.02 Å². The molecule has 0 radical (unpaired) electrons. The van der Waals surface area contributed by atoms with Gasteiger partial charge in [0.2, 0.25) is 0 Å². The standard InChI is InChI=1S/C24H25ClF4N4O3S/c1-33(2)21-11-15(14-4-3-5-16(10-14)24(27,28)29)6-7-19(21)30-20-13-18(26)22(12-17(20)25)37(34,35)32-23-8-9-36-31-23/h3-5,8-10,12-13,15,19,21,30H,6-7,11H2,1-2H3,(H,31,32)/t15-,19-,21-/m0/s1. The van der Waals surface area contributed by atoms with Crippen molar-refractivity contribution in [3.8, 4) is 0 Å². The van der Waals surface area contributed by atoms with Gasteiger partial charge in [-0.25, -0.2) is 12.8 Å². The van der Waals surface area contributed by atoms with Crippen molar-refractivity contribution in [2.45, 2.75) is 48.3 Å². The van der Waals surface area contributed by atoms with Gasteiger partial charge in [0.1, 0.15) is 17.0 Å². The van der Waals surface area contributed by atoms with E-state index in [1.165, 1.54) is 18.2 Å². The van der Waals surface area contributed by atoms with E-state index < -0.39 is 32.5 Å². The summed E-state index contributed by atoms with van der Waals surface area (Å²) in [5, 5.41) is 6.67. The molecule has 0 spiro atoms. The van der Waals surface area contributed by atoms with Gasteiger partial charge < -0.3 is 14.7 Å². The normalized spacial score (nSPS) is 20.7. The summed E-state index contributed by atoms with van der Waals surface area (Å²) in [4.78, 5) is 1.31. The molecular weight excluding hydrogens is 536 g/mol. The highest BCUT2D eigenvalue weighted by Crippen LogP contribution is 2.39. The predicted octanol–water partition coefficient (Wildman–Crippen LogP) is 5.97. The molecule has 4 rings (SSSR count). The zero-order chi connectivity index (χ0) is 27.0. The Bertz CT molecular complexity index is 1350. The van der Waals surface area contributed by atoms with Crippen LogP contribution in [0.4, 0.5) is 29.1 Å². The Morgan fingerprint density at radius 1 is 1.14 bits per heavy atom. The molecule has 3 aromatic rings. The van der Waals surface area contributed by atoms with E-state index in [0.29, 0.717) is 24.8 Å². The molecule has 0 aliphatic heterocycles. The molecule has 2 aromatic carbocycles. The van der Waals surface area contributed by atoms with E-state index >= 15 is 0 Å². The number of benzene rings is 2. The second-order valence-electron chi connectivity index (χ2n) is 9.17. The smallest absolute Gasteiger partial charge is 0.379 e. The minimum absolute atomic E-state index is 0.000522. The van der Waals surface area contributed by atoms with Gasteiger partial charge in [-0.3, -0.25) is 4.72 Å². The molecule has 13 heteroatoms. The van der Waals surface area contributed by atoms with Crippen molar-refractivity contribution in [2.24, 2.45) is 0 Å². The zero-order valence-corrected chi connectivity index (χ0v) is 21.5. The minimum Gasteiger partial charge on any atom is -0.379 e. The van der Waals surface area contributed by atoms with Crippen molar-refractivity contribution in [2.75, 3.05) is 24.1 Å². The van der Waals surface area contributed by atoms with Crippen LogP contribution in [0.3, 0.4) is 0 Å². The average Bonchev–Trinajstić information content (AvgIpc) is 3.33. The van der Waals surface area contributed by atoms with Crippen molar-refractivity contribution in [3.63, 3.8) is 0 Å². The van der Waals surface area contributed by atoms with E-state index in [-0.39, 0.29) is 34.5 Å². The second kappa shape index (κ2) is 10.5. The van der Waals surface area contributed by atoms with Gasteiger partial charge in [0.15, 0.2) is 5.82 Å². The number of sulfonamides is 1. The molecule has 37 heavy (non-hydrogen) atoms. The first-order valence-corrected chi connectivity index (χ1v) is 13.2. The van der Waals surface area contributed by atoms with Crippen molar-refractivity contribution in [3.05, 3.63) is 70.7 Å². The van der Waals surface area contributed by atoms with Gasteiger partial charge in [0.25, 0.3) is 10.0 Å². The molecular formula is C24H25ClF4N4O3S. The third-order valence-electron chi connectivity index (χ3n) is 6.49. The quantitative estimate of drug-likeness (QED) is 0.346. The van der Waals surface area contributed by atoms with Crippen LogP contribution >= 0.6 is 11.6 Å². The first-order chi connectivity index (χ1) is 17.3. The lowest BCUT2D eigenvalue weighted by Crippen LogP contribution is -2.47. The van der Waals surface area contributed by atoms with Gasteiger partial charge in [-0.1, -0.05) is 35.0 Å². The largest absolute Gasteiger partial charge is 0.416 e. The number of anilines is 2. The maximum atomic E-state index is 14.9. The Morgan fingerprint density at radius 3 is 2.54 bits per heavy atom. The van der Waals surface area contributed by atoms with Crippen LogP contribution in [-0.4, -0.2) is 44.7 Å². The lowest BCUT2D eigenvalue weighted by atomic mass is 9.78. The van der Waals surface area contributed by atoms with Crippen LogP contribution in [0.15, 0.2) is 58.1 Å². The number of aromatic nitrogens is 1. The molecule has 1 saturated carbocycles. The van der Waals surface area contributed by atoms with E-state index in [0.717, 1.165) is 24.5 Å². The SMILES string of the molecule is CN(C)[C@H]1C[C@@H](c2cccc(C(F)(F)F)c2)CC[C@@H]1Nc1cc(F)c(S(=O)(=O)Nc2ccon2)cc1Cl. The highest BCUT2D eigenvalue weighted by Gasteiger charge is 2.35. The molecule has 7 nitrogen and oxygen atoms in total. The van der Waals surface area contributed by atoms with E-state index in [4.69, 9.17) is 11.6 Å². The minimum atomic E-state index is -4.42. The summed E-state index contributed by atoms with van der Waals surface area (Å²) in [6.45, 7) is 0. The van der Waals surface area contributed by atoms with E-state index in [1.54, 1.807) is 6.07 Å². The first kappa shape index (κ1) is 27.2. The lowest BCUT2D eigenvalue weighted by molar-refractivity contribution is -0.137. The number of halogens is 5. The van der Waals surface area contributed by atoms with Crippen molar-refractivity contribution >= 4 is 33.1 Å². The number of nitrogens with one attached hydrogen (secondary N) is 2. The van der Waals surface area contributed by atoms with Crippen LogP contribution in [0.1, 0.15) is 36.3 Å². The Hall–Kier alpha value is -2.83. The topological polar surface area (TPSA) is 87.5 Å². The van der Waals surface area contributed by atoms with E-state index in [9.17, 15) is 26.0 Å². The van der Waals surface area contributed by atoms with Crippen molar-refractivity contribution in [1.82, 2.24) is 10.1 Å². The van der Waals surface area contributed by atoms with Gasteiger partial charge in [0, 0.05) is 18.2 Å². The highest BCUT2D eigenvalue weighted by molar-refractivity contribution is 7.92. The summed E-state index contributed by atoms with van der Waals surface area (Å²) in [6.07, 6.45) is -1.50. The van der Waals surface area contributed by atoms with E-state index in [1.807, 2.05) is 19.0 Å². The molecule has 1 fully saturated rings. The fourth-order valence-electron chi connectivity index (χ4n) is 4.66. The zero-order valence-electron chi connectivity index (χ0n) is 19.9. The molecule has 0 bridgehead atoms. The third kappa shape index (κ3) is 6.19. The number of likely N-dealkylation sites (N-methyl/N-ethyl adjacent to an activating group) is 1. The van der Waals surface area contributed by atoms with E-state index in [2.05, 4.69) is 19.7 Å². The molecule has 1 heterocycles. The van der Waals surface area contributed by atoms with Crippen molar-refractivity contribution in [1.29, 1.82) is 0 Å². The summed E-state index contributed by atoms with van der Waals surface area (Å²) in [7, 11) is -0.586. The monoisotopic (exact) mass is 560 g/mol. The third-order valence-corrected chi connectivity index (χ3v) is 8.18. The van der Waals surface area contributed by atoms with Gasteiger partial charge >= 0.3 is 6.18 Å². The molecule has 3 atom stereocenters. The van der Waals surface area contributed by atoms with Gasteiger partial charge in [-0.15, -0.1) is 0 Å². The predicted molar refractivity (Wildman–Crippen MR) is 132 cm³/mol. The number of alkyl halides is 3. The molecule has 2 N–H and O–H groups in total. The van der Waals surface area contributed by atoms with Crippen LogP contribution < -0.4 is 10.0 Å². The van der Waals surface area contributed by atoms with Crippen LogP contribution in [0, 0.1) is 5.82 Å². The summed E-state index contributed by atoms with van der Waals surface area (Å²) >= 11 is 6.34. The number of rotatable bonds is 7. The van der Waals surface area contributed by atoms with Gasteiger partial charge in [-0.2, -0.15) is 13.2 Å². The molecule has 1 aliphatic rings. The summed E-state index contributed by atoms with van der Waals surface area (Å²) in [5.74, 6) is -1.21. The average molecular weight is 561 g/mol. The molecule has 1 aromatic heterocycles. The maximum Gasteiger partial charge on any atom is 0.416 e. The lowest BCUT2D eigenvalue weighted by Gasteiger charge is -2.41. The first-order valence-electron chi connectivity index (χ1n) is 11.4. The fourth-order valence-corrected chi connectivity index (χ4v) is 6.02. The Morgan fingerprint density at radius 2 is 1.89 bits per heavy atom. The summed E-state index contributed by atoms with van der Waals surface area (Å²) in [5.41, 5.74) is 0.161. The number of nitrogens with zero attached hydrogens (tertiary/aromatic N) is 2. The molecule has 0 amide bonds. The number of hydrogen-bond acceptors (Lipinski definition) is 6. The van der Waals surface area contributed by atoms with Crippen LogP contribution in [0.25, 0.3) is 0 Å². The molecule has 1 aliphatic carbocycles. The molecule has 200 valence electrons.